The minimum Gasteiger partial charge on any atom is -0.364 e. The van der Waals surface area contributed by atoms with Crippen LogP contribution in [0.2, 0.25) is 0 Å². The number of aromatic amines is 1. The average Bonchev–Trinajstić information content (AvgIpc) is 2.65. The van der Waals surface area contributed by atoms with E-state index in [4.69, 9.17) is 5.73 Å². The molecular weight excluding hydrogens is 204 g/mol. The topological polar surface area (TPSA) is 84.7 Å². The van der Waals surface area contributed by atoms with Crippen molar-refractivity contribution in [2.24, 2.45) is 5.73 Å². The molecule has 0 aliphatic carbocycles. The van der Waals surface area contributed by atoms with Gasteiger partial charge in [-0.3, -0.25) is 14.9 Å². The van der Waals surface area contributed by atoms with Crippen molar-refractivity contribution in [3.05, 3.63) is 47.5 Å². The van der Waals surface area contributed by atoms with Crippen molar-refractivity contribution in [1.29, 1.82) is 0 Å². The summed E-state index contributed by atoms with van der Waals surface area (Å²) in [6.07, 6.45) is 3.41. The summed E-state index contributed by atoms with van der Waals surface area (Å²) < 4.78 is 0. The maximum Gasteiger partial charge on any atom is 0.267 e. The number of hydrogen-bond donors (Lipinski definition) is 2. The highest BCUT2D eigenvalue weighted by atomic mass is 16.1. The zero-order chi connectivity index (χ0) is 12.0. The van der Waals surface area contributed by atoms with Gasteiger partial charge in [0.25, 0.3) is 5.91 Å². The third kappa shape index (κ3) is 3.53. The normalized spacial score (nSPS) is 9.12. The molecule has 2 rings (SSSR count). The zero-order valence-electron chi connectivity index (χ0n) is 9.27. The van der Waals surface area contributed by atoms with Gasteiger partial charge in [0.15, 0.2) is 0 Å². The lowest BCUT2D eigenvalue weighted by atomic mass is 10.3. The molecule has 0 aromatic carbocycles. The van der Waals surface area contributed by atoms with E-state index in [-0.39, 0.29) is 0 Å². The summed E-state index contributed by atoms with van der Waals surface area (Å²) in [5.74, 6) is -0.490. The van der Waals surface area contributed by atoms with Crippen molar-refractivity contribution in [1.82, 2.24) is 15.2 Å². The minimum atomic E-state index is -0.490. The molecule has 84 valence electrons. The Labute approximate surface area is 93.7 Å². The van der Waals surface area contributed by atoms with Crippen LogP contribution in [0.1, 0.15) is 21.7 Å². The van der Waals surface area contributed by atoms with E-state index < -0.39 is 5.91 Å². The van der Waals surface area contributed by atoms with E-state index in [1.165, 1.54) is 11.8 Å². The van der Waals surface area contributed by atoms with Crippen LogP contribution in [0.3, 0.4) is 0 Å². The van der Waals surface area contributed by atoms with Crippen LogP contribution in [0.5, 0.6) is 0 Å². The van der Waals surface area contributed by atoms with E-state index in [0.717, 1.165) is 5.69 Å². The molecule has 5 nitrogen and oxygen atoms in total. The van der Waals surface area contributed by atoms with Gasteiger partial charge in [-0.15, -0.1) is 0 Å². The van der Waals surface area contributed by atoms with Crippen LogP contribution in [0, 0.1) is 13.8 Å². The molecule has 2 aromatic rings. The second-order valence-electron chi connectivity index (χ2n) is 3.23. The predicted molar refractivity (Wildman–Crippen MR) is 60.8 cm³/mol. The molecule has 0 aliphatic heterocycles. The number of pyridine rings is 1. The lowest BCUT2D eigenvalue weighted by Gasteiger charge is -1.88. The number of aromatic nitrogens is 3. The molecule has 0 fully saturated rings. The Morgan fingerprint density at radius 2 is 2.12 bits per heavy atom. The number of hydrogen-bond acceptors (Lipinski definition) is 3. The molecule has 3 N–H and O–H groups in total. The lowest BCUT2D eigenvalue weighted by Crippen LogP contribution is -2.12. The van der Waals surface area contributed by atoms with Gasteiger partial charge in [0, 0.05) is 12.4 Å². The van der Waals surface area contributed by atoms with Crippen molar-refractivity contribution in [2.75, 3.05) is 0 Å². The molecule has 0 saturated carbocycles. The van der Waals surface area contributed by atoms with Gasteiger partial charge in [-0.2, -0.15) is 5.10 Å². The van der Waals surface area contributed by atoms with Gasteiger partial charge in [0.1, 0.15) is 5.69 Å². The molecule has 0 unspecified atom stereocenters. The molecule has 16 heavy (non-hydrogen) atoms. The molecule has 0 saturated heterocycles. The average molecular weight is 218 g/mol. The molecule has 0 atom stereocenters. The number of H-pyrrole nitrogens is 1. The number of carbonyl (C=O) groups is 1. The van der Waals surface area contributed by atoms with Crippen molar-refractivity contribution < 1.29 is 4.79 Å². The fraction of sp³-hybridized carbons (Fsp3) is 0.182. The second-order valence-corrected chi connectivity index (χ2v) is 3.23. The fourth-order valence-electron chi connectivity index (χ4n) is 0.927. The Morgan fingerprint density at radius 3 is 2.38 bits per heavy atom. The number of primary amides is 1. The van der Waals surface area contributed by atoms with Crippen molar-refractivity contribution in [2.45, 2.75) is 13.8 Å². The number of carbonyl (C=O) groups excluding carboxylic acids is 1. The summed E-state index contributed by atoms with van der Waals surface area (Å²) in [4.78, 5) is 14.1. The summed E-state index contributed by atoms with van der Waals surface area (Å²) in [5.41, 5.74) is 7.52. The maximum absolute atomic E-state index is 10.4. The van der Waals surface area contributed by atoms with Crippen LogP contribution in [0.4, 0.5) is 0 Å². The minimum absolute atomic E-state index is 0.303. The molecule has 1 amide bonds. The van der Waals surface area contributed by atoms with Gasteiger partial charge in [-0.25, -0.2) is 0 Å². The van der Waals surface area contributed by atoms with Crippen LogP contribution in [-0.2, 0) is 0 Å². The number of aryl methyl sites for hydroxylation is 2. The molecular formula is C11H14N4O. The number of nitrogens with one attached hydrogen (secondary N) is 1. The summed E-state index contributed by atoms with van der Waals surface area (Å²) in [7, 11) is 0. The number of amides is 1. The summed E-state index contributed by atoms with van der Waals surface area (Å²) in [5, 5.41) is 6.64. The first kappa shape index (κ1) is 11.9. The molecule has 2 heterocycles. The summed E-state index contributed by atoms with van der Waals surface area (Å²) >= 11 is 0. The van der Waals surface area contributed by atoms with Crippen LogP contribution < -0.4 is 5.73 Å². The molecule has 0 spiro atoms. The Kier molecular flexibility index (Phi) is 4.20. The van der Waals surface area contributed by atoms with E-state index in [1.54, 1.807) is 18.2 Å². The second kappa shape index (κ2) is 5.65. The van der Waals surface area contributed by atoms with Gasteiger partial charge in [-0.1, -0.05) is 6.07 Å². The lowest BCUT2D eigenvalue weighted by molar-refractivity contribution is 0.0995. The molecule has 0 bridgehead atoms. The highest BCUT2D eigenvalue weighted by Gasteiger charge is 1.95. The monoisotopic (exact) mass is 218 g/mol. The van der Waals surface area contributed by atoms with Gasteiger partial charge < -0.3 is 5.73 Å². The standard InChI is InChI=1S/C6H6N2O.C5H8N2/c7-6(9)5-3-1-2-4-8-5;1-4-3-6-7-5(4)2/h1-4H,(H2,7,9);3H,1-2H3,(H,6,7). The Morgan fingerprint density at radius 1 is 1.38 bits per heavy atom. The van der Waals surface area contributed by atoms with Gasteiger partial charge in [-0.05, 0) is 31.5 Å². The quantitative estimate of drug-likeness (QED) is 0.754. The van der Waals surface area contributed by atoms with Gasteiger partial charge >= 0.3 is 0 Å². The Hall–Kier alpha value is -2.17. The third-order valence-corrected chi connectivity index (χ3v) is 2.00. The summed E-state index contributed by atoms with van der Waals surface area (Å²) in [6.45, 7) is 4.00. The molecule has 0 aliphatic rings. The largest absolute Gasteiger partial charge is 0.364 e. The molecule has 5 heteroatoms. The first-order valence-corrected chi connectivity index (χ1v) is 4.79. The van der Waals surface area contributed by atoms with E-state index >= 15 is 0 Å². The van der Waals surface area contributed by atoms with Gasteiger partial charge in [0.2, 0.25) is 0 Å². The van der Waals surface area contributed by atoms with Crippen LogP contribution in [-0.4, -0.2) is 21.1 Å². The molecule has 2 aromatic heterocycles. The number of nitrogens with zero attached hydrogens (tertiary/aromatic N) is 2. The summed E-state index contributed by atoms with van der Waals surface area (Å²) in [6, 6.07) is 5.02. The van der Waals surface area contributed by atoms with Crippen molar-refractivity contribution >= 4 is 5.91 Å². The van der Waals surface area contributed by atoms with E-state index in [1.807, 2.05) is 20.0 Å². The predicted octanol–water partition coefficient (Wildman–Crippen LogP) is 1.21. The van der Waals surface area contributed by atoms with E-state index in [0.29, 0.717) is 5.69 Å². The van der Waals surface area contributed by atoms with Crippen LogP contribution in [0.15, 0.2) is 30.6 Å². The van der Waals surface area contributed by atoms with Crippen molar-refractivity contribution in [3.63, 3.8) is 0 Å². The van der Waals surface area contributed by atoms with Crippen LogP contribution >= 0.6 is 0 Å². The Bertz CT molecular complexity index is 434. The first-order valence-electron chi connectivity index (χ1n) is 4.79. The van der Waals surface area contributed by atoms with Gasteiger partial charge in [0.05, 0.1) is 5.69 Å². The van der Waals surface area contributed by atoms with E-state index in [9.17, 15) is 4.79 Å². The first-order chi connectivity index (χ1) is 7.61. The van der Waals surface area contributed by atoms with Crippen molar-refractivity contribution in [3.8, 4) is 0 Å². The number of rotatable bonds is 1. The maximum atomic E-state index is 10.4. The smallest absolute Gasteiger partial charge is 0.267 e. The Balaban J connectivity index is 0.000000165. The third-order valence-electron chi connectivity index (χ3n) is 2.00. The SMILES string of the molecule is Cc1c[nH]nc1C.NC(=O)c1ccccn1. The highest BCUT2D eigenvalue weighted by Crippen LogP contribution is 1.96. The number of nitrogens with two attached hydrogens (primary N) is 1. The highest BCUT2D eigenvalue weighted by molar-refractivity contribution is 5.90. The van der Waals surface area contributed by atoms with E-state index in [2.05, 4.69) is 15.2 Å². The fourth-order valence-corrected chi connectivity index (χ4v) is 0.927. The zero-order valence-corrected chi connectivity index (χ0v) is 9.27. The molecule has 0 radical (unpaired) electrons. The van der Waals surface area contributed by atoms with Crippen LogP contribution in [0.25, 0.3) is 0 Å².